The van der Waals surface area contributed by atoms with Gasteiger partial charge < -0.3 is 10.5 Å². The van der Waals surface area contributed by atoms with E-state index < -0.39 is 9.84 Å². The number of hydrogen-bond acceptors (Lipinski definition) is 5. The number of nitrogen functional groups attached to an aromatic ring is 1. The van der Waals surface area contributed by atoms with Crippen molar-refractivity contribution < 1.29 is 13.2 Å². The number of aromatic nitrogens is 2. The Morgan fingerprint density at radius 3 is 2.56 bits per heavy atom. The van der Waals surface area contributed by atoms with Crippen molar-refractivity contribution in [1.29, 1.82) is 0 Å². The molecule has 0 radical (unpaired) electrons. The lowest BCUT2D eigenvalue weighted by atomic mass is 10.1. The van der Waals surface area contributed by atoms with Crippen molar-refractivity contribution in [2.45, 2.75) is 4.90 Å². The predicted molar refractivity (Wildman–Crippen MR) is 68.1 cm³/mol. The zero-order valence-electron chi connectivity index (χ0n) is 9.97. The lowest BCUT2D eigenvalue weighted by molar-refractivity contribution is 0.403. The SMILES string of the molecule is COc1cc(-c2cc(N)n[nH]2)ccc1S(C)(=O)=O. The molecule has 1 aromatic heterocycles. The number of rotatable bonds is 3. The van der Waals surface area contributed by atoms with E-state index in [1.54, 1.807) is 18.2 Å². The Balaban J connectivity index is 2.55. The van der Waals surface area contributed by atoms with Crippen LogP contribution in [-0.2, 0) is 9.84 Å². The van der Waals surface area contributed by atoms with E-state index in [1.165, 1.54) is 13.2 Å². The van der Waals surface area contributed by atoms with E-state index in [0.717, 1.165) is 11.8 Å². The summed E-state index contributed by atoms with van der Waals surface area (Å²) in [7, 11) is -1.89. The zero-order valence-corrected chi connectivity index (χ0v) is 10.8. The topological polar surface area (TPSA) is 98.1 Å². The monoisotopic (exact) mass is 267 g/mol. The minimum atomic E-state index is -3.31. The minimum Gasteiger partial charge on any atom is -0.495 e. The zero-order chi connectivity index (χ0) is 13.3. The third-order valence-electron chi connectivity index (χ3n) is 2.47. The lowest BCUT2D eigenvalue weighted by Gasteiger charge is -2.08. The summed E-state index contributed by atoms with van der Waals surface area (Å²) in [6.45, 7) is 0. The van der Waals surface area contributed by atoms with Crippen molar-refractivity contribution in [2.24, 2.45) is 0 Å². The van der Waals surface area contributed by atoms with Gasteiger partial charge in [-0.3, -0.25) is 5.10 Å². The molecule has 0 amide bonds. The molecule has 0 aliphatic carbocycles. The van der Waals surface area contributed by atoms with Crippen LogP contribution in [0.15, 0.2) is 29.2 Å². The van der Waals surface area contributed by atoms with Gasteiger partial charge in [-0.15, -0.1) is 0 Å². The first-order valence-corrected chi connectivity index (χ1v) is 7.00. The molecule has 0 bridgehead atoms. The maximum absolute atomic E-state index is 11.5. The van der Waals surface area contributed by atoms with E-state index in [1.807, 2.05) is 0 Å². The Kier molecular flexibility index (Phi) is 3.00. The van der Waals surface area contributed by atoms with Gasteiger partial charge in [0.15, 0.2) is 9.84 Å². The number of anilines is 1. The highest BCUT2D eigenvalue weighted by Gasteiger charge is 2.15. The van der Waals surface area contributed by atoms with Crippen LogP contribution >= 0.6 is 0 Å². The predicted octanol–water partition coefficient (Wildman–Crippen LogP) is 1.07. The number of benzene rings is 1. The van der Waals surface area contributed by atoms with Crippen LogP contribution in [0.25, 0.3) is 11.3 Å². The molecule has 2 rings (SSSR count). The first kappa shape index (κ1) is 12.4. The first-order valence-electron chi connectivity index (χ1n) is 5.11. The number of nitrogens with one attached hydrogen (secondary N) is 1. The summed E-state index contributed by atoms with van der Waals surface area (Å²) in [5.74, 6) is 0.666. The Morgan fingerprint density at radius 2 is 2.06 bits per heavy atom. The maximum Gasteiger partial charge on any atom is 0.179 e. The number of H-pyrrole nitrogens is 1. The molecule has 3 N–H and O–H groups in total. The Morgan fingerprint density at radius 1 is 1.33 bits per heavy atom. The normalized spacial score (nSPS) is 11.4. The molecule has 18 heavy (non-hydrogen) atoms. The molecule has 0 spiro atoms. The van der Waals surface area contributed by atoms with Gasteiger partial charge in [0.05, 0.1) is 12.8 Å². The van der Waals surface area contributed by atoms with Gasteiger partial charge in [0.25, 0.3) is 0 Å². The molecule has 0 aliphatic rings. The van der Waals surface area contributed by atoms with Crippen LogP contribution in [0.5, 0.6) is 5.75 Å². The number of sulfone groups is 1. The summed E-state index contributed by atoms with van der Waals surface area (Å²) in [4.78, 5) is 0.154. The van der Waals surface area contributed by atoms with Crippen molar-refractivity contribution in [1.82, 2.24) is 10.2 Å². The fraction of sp³-hybridized carbons (Fsp3) is 0.182. The van der Waals surface area contributed by atoms with Gasteiger partial charge in [-0.2, -0.15) is 5.10 Å². The van der Waals surface area contributed by atoms with E-state index in [4.69, 9.17) is 10.5 Å². The van der Waals surface area contributed by atoms with Crippen molar-refractivity contribution in [3.63, 3.8) is 0 Å². The third-order valence-corrected chi connectivity index (χ3v) is 3.61. The van der Waals surface area contributed by atoms with Crippen molar-refractivity contribution >= 4 is 15.7 Å². The molecule has 7 heteroatoms. The highest BCUT2D eigenvalue weighted by molar-refractivity contribution is 7.90. The van der Waals surface area contributed by atoms with Crippen LogP contribution in [0.3, 0.4) is 0 Å². The average molecular weight is 267 g/mol. The van der Waals surface area contributed by atoms with E-state index in [2.05, 4.69) is 10.2 Å². The van der Waals surface area contributed by atoms with Gasteiger partial charge in [-0.1, -0.05) is 6.07 Å². The molecule has 6 nitrogen and oxygen atoms in total. The van der Waals surface area contributed by atoms with Gasteiger partial charge in [-0.05, 0) is 12.1 Å². The van der Waals surface area contributed by atoms with Gasteiger partial charge >= 0.3 is 0 Å². The first-order chi connectivity index (χ1) is 8.41. The standard InChI is InChI=1S/C11H13N3O3S/c1-17-9-5-7(8-6-11(12)14-13-8)3-4-10(9)18(2,15)16/h3-6H,1-2H3,(H3,12,13,14). The Hall–Kier alpha value is -2.02. The van der Waals surface area contributed by atoms with Crippen LogP contribution in [-0.4, -0.2) is 32.0 Å². The molecule has 1 heterocycles. The van der Waals surface area contributed by atoms with E-state index in [9.17, 15) is 8.42 Å². The average Bonchev–Trinajstić information content (AvgIpc) is 2.74. The van der Waals surface area contributed by atoms with Crippen LogP contribution in [0.1, 0.15) is 0 Å². The Labute approximate surface area is 105 Å². The van der Waals surface area contributed by atoms with Gasteiger partial charge in [-0.25, -0.2) is 8.42 Å². The number of nitrogens with two attached hydrogens (primary N) is 1. The van der Waals surface area contributed by atoms with E-state index in [-0.39, 0.29) is 4.90 Å². The molecule has 96 valence electrons. The second-order valence-corrected chi connectivity index (χ2v) is 5.83. The summed E-state index contributed by atoms with van der Waals surface area (Å²) in [6, 6.07) is 6.46. The molecule has 0 saturated carbocycles. The summed E-state index contributed by atoms with van der Waals surface area (Å²) in [5, 5.41) is 6.56. The number of nitrogens with zero attached hydrogens (tertiary/aromatic N) is 1. The largest absolute Gasteiger partial charge is 0.495 e. The molecule has 1 aromatic carbocycles. The number of hydrogen-bond donors (Lipinski definition) is 2. The second kappa shape index (κ2) is 4.34. The summed E-state index contributed by atoms with van der Waals surface area (Å²) in [6.07, 6.45) is 1.14. The molecular weight excluding hydrogens is 254 g/mol. The smallest absolute Gasteiger partial charge is 0.179 e. The van der Waals surface area contributed by atoms with Crippen molar-refractivity contribution in [2.75, 3.05) is 19.1 Å². The molecule has 0 aliphatic heterocycles. The second-order valence-electron chi connectivity index (χ2n) is 3.84. The fourth-order valence-electron chi connectivity index (χ4n) is 1.63. The van der Waals surface area contributed by atoms with Crippen LogP contribution < -0.4 is 10.5 Å². The van der Waals surface area contributed by atoms with Gasteiger partial charge in [0.2, 0.25) is 0 Å². The molecule has 0 fully saturated rings. The molecular formula is C11H13N3O3S. The fourth-order valence-corrected chi connectivity index (χ4v) is 2.45. The molecule has 0 unspecified atom stereocenters. The van der Waals surface area contributed by atoms with Crippen molar-refractivity contribution in [3.05, 3.63) is 24.3 Å². The summed E-state index contributed by atoms with van der Waals surface area (Å²) >= 11 is 0. The van der Waals surface area contributed by atoms with E-state index >= 15 is 0 Å². The van der Waals surface area contributed by atoms with E-state index in [0.29, 0.717) is 17.3 Å². The third kappa shape index (κ3) is 2.30. The van der Waals surface area contributed by atoms with Crippen LogP contribution in [0, 0.1) is 0 Å². The van der Waals surface area contributed by atoms with Crippen molar-refractivity contribution in [3.8, 4) is 17.0 Å². The minimum absolute atomic E-state index is 0.154. The summed E-state index contributed by atoms with van der Waals surface area (Å²) in [5.41, 5.74) is 6.97. The van der Waals surface area contributed by atoms with Crippen LogP contribution in [0.4, 0.5) is 5.82 Å². The molecule has 0 atom stereocenters. The number of methoxy groups -OCH3 is 1. The highest BCUT2D eigenvalue weighted by atomic mass is 32.2. The van der Waals surface area contributed by atoms with Gasteiger partial charge in [0, 0.05) is 17.9 Å². The lowest BCUT2D eigenvalue weighted by Crippen LogP contribution is -2.00. The Bertz CT molecular complexity index is 677. The van der Waals surface area contributed by atoms with Gasteiger partial charge in [0.1, 0.15) is 16.5 Å². The molecule has 2 aromatic rings. The maximum atomic E-state index is 11.5. The number of ether oxygens (including phenoxy) is 1. The highest BCUT2D eigenvalue weighted by Crippen LogP contribution is 2.29. The summed E-state index contributed by atoms with van der Waals surface area (Å²) < 4.78 is 28.2. The number of aromatic amines is 1. The molecule has 0 saturated heterocycles. The van der Waals surface area contributed by atoms with Crippen LogP contribution in [0.2, 0.25) is 0 Å². The quantitative estimate of drug-likeness (QED) is 0.866.